The quantitative estimate of drug-likeness (QED) is 0.178. The molecule has 0 aromatic heterocycles. The fraction of sp³-hybridized carbons (Fsp3) is 0.143. The first-order valence-electron chi connectivity index (χ1n) is 8.44. The molecule has 0 aliphatic carbocycles. The summed E-state index contributed by atoms with van der Waals surface area (Å²) in [6.45, 7) is 6.38. The molecule has 0 heterocycles. The Labute approximate surface area is 181 Å². The summed E-state index contributed by atoms with van der Waals surface area (Å²) in [5.41, 5.74) is 4.06. The zero-order chi connectivity index (χ0) is 24.5. The third-order valence-corrected chi connectivity index (χ3v) is 5.14. The van der Waals surface area contributed by atoms with Gasteiger partial charge in [0.1, 0.15) is 0 Å². The Kier molecular flexibility index (Phi) is 7.99. The summed E-state index contributed by atoms with van der Waals surface area (Å²) in [5, 5.41) is 0. The number of aryl methyl sites for hydroxylation is 3. The molecule has 0 saturated heterocycles. The van der Waals surface area contributed by atoms with E-state index in [9.17, 15) is 43.9 Å². The van der Waals surface area contributed by atoms with Crippen LogP contribution in [0.5, 0.6) is 0 Å². The average molecular weight is 513 g/mol. The van der Waals surface area contributed by atoms with Crippen molar-refractivity contribution in [2.75, 3.05) is 0 Å². The van der Waals surface area contributed by atoms with E-state index in [4.69, 9.17) is 0 Å². The average Bonchev–Trinajstić information content (AvgIpc) is 2.72. The molecule has 3 rings (SSSR count). The van der Waals surface area contributed by atoms with E-state index in [0.717, 1.165) is 0 Å². The molecule has 0 radical (unpaired) electrons. The Morgan fingerprint density at radius 1 is 0.375 bits per heavy atom. The van der Waals surface area contributed by atoms with Crippen LogP contribution in [0, 0.1) is 78.9 Å². The predicted octanol–water partition coefficient (Wildman–Crippen LogP) is 5.72. The predicted molar refractivity (Wildman–Crippen MR) is 92.4 cm³/mol. The van der Waals surface area contributed by atoms with Crippen LogP contribution in [-0.4, -0.2) is 0 Å². The van der Waals surface area contributed by atoms with Crippen molar-refractivity contribution in [3.05, 3.63) is 93.1 Å². The van der Waals surface area contributed by atoms with Gasteiger partial charge in [0.15, 0.2) is 0 Å². The maximum absolute atomic E-state index is 13.4. The SMILES string of the molecule is Cc1cc(C)cc(C)c1.Fc1c(F)c(F)[c]([Ni][c]2c(F)c(F)c(F)c(F)c2F)c(F)c1F. The monoisotopic (exact) mass is 512 g/mol. The van der Waals surface area contributed by atoms with Gasteiger partial charge in [-0.2, -0.15) is 0 Å². The topological polar surface area (TPSA) is 0 Å². The van der Waals surface area contributed by atoms with E-state index in [1.165, 1.54) is 16.7 Å². The first-order valence-corrected chi connectivity index (χ1v) is 9.43. The van der Waals surface area contributed by atoms with E-state index in [-0.39, 0.29) is 0 Å². The molecule has 0 atom stereocenters. The molecule has 3 aromatic rings. The summed E-state index contributed by atoms with van der Waals surface area (Å²) >= 11 is -1.05. The molecule has 32 heavy (non-hydrogen) atoms. The van der Waals surface area contributed by atoms with Crippen molar-refractivity contribution in [3.63, 3.8) is 0 Å². The van der Waals surface area contributed by atoms with Crippen LogP contribution in [0.25, 0.3) is 0 Å². The van der Waals surface area contributed by atoms with Gasteiger partial charge in [0.05, 0.1) is 0 Å². The molecule has 176 valence electrons. The van der Waals surface area contributed by atoms with Crippen LogP contribution in [0.2, 0.25) is 0 Å². The van der Waals surface area contributed by atoms with Crippen molar-refractivity contribution < 1.29 is 58.3 Å². The third kappa shape index (κ3) is 5.09. The van der Waals surface area contributed by atoms with E-state index >= 15 is 0 Å². The Hall–Kier alpha value is -2.55. The molecule has 0 aliphatic rings. The first kappa shape index (κ1) is 25.7. The van der Waals surface area contributed by atoms with Crippen molar-refractivity contribution in [2.24, 2.45) is 0 Å². The van der Waals surface area contributed by atoms with Gasteiger partial charge in [0.2, 0.25) is 0 Å². The maximum atomic E-state index is 13.4. The van der Waals surface area contributed by atoms with E-state index in [1.807, 2.05) is 0 Å². The van der Waals surface area contributed by atoms with Crippen LogP contribution in [0.4, 0.5) is 43.9 Å². The third-order valence-electron chi connectivity index (χ3n) is 3.78. The Balaban J connectivity index is 0.000000336. The molecule has 0 aliphatic heterocycles. The second kappa shape index (κ2) is 9.94. The molecular weight excluding hydrogens is 501 g/mol. The van der Waals surface area contributed by atoms with Gasteiger partial charge < -0.3 is 0 Å². The zero-order valence-corrected chi connectivity index (χ0v) is 17.3. The van der Waals surface area contributed by atoms with Gasteiger partial charge >= 0.3 is 126 Å². The first-order chi connectivity index (χ1) is 14.8. The molecule has 0 amide bonds. The summed E-state index contributed by atoms with van der Waals surface area (Å²) in [7, 11) is 0. The molecule has 0 unspecified atom stereocenters. The molecule has 0 saturated carbocycles. The van der Waals surface area contributed by atoms with Crippen molar-refractivity contribution >= 4 is 9.07 Å². The number of hydrogen-bond donors (Lipinski definition) is 0. The van der Waals surface area contributed by atoms with Gasteiger partial charge in [-0.05, 0) is 20.8 Å². The minimum absolute atomic E-state index is 1.05. The van der Waals surface area contributed by atoms with E-state index in [1.54, 1.807) is 0 Å². The number of hydrogen-bond acceptors (Lipinski definition) is 0. The van der Waals surface area contributed by atoms with Gasteiger partial charge in [0, 0.05) is 0 Å². The Bertz CT molecular complexity index is 1010. The van der Waals surface area contributed by atoms with Crippen LogP contribution in [0.1, 0.15) is 16.7 Å². The molecule has 0 bridgehead atoms. The second-order valence-corrected chi connectivity index (χ2v) is 7.68. The van der Waals surface area contributed by atoms with Gasteiger partial charge in [-0.3, -0.25) is 0 Å². The summed E-state index contributed by atoms with van der Waals surface area (Å²) in [5.74, 6) is -24.7. The number of benzene rings is 3. The van der Waals surface area contributed by atoms with Crippen LogP contribution < -0.4 is 9.07 Å². The number of halogens is 10. The van der Waals surface area contributed by atoms with Gasteiger partial charge in [-0.15, -0.1) is 0 Å². The fourth-order valence-electron chi connectivity index (χ4n) is 2.55. The van der Waals surface area contributed by atoms with E-state index in [2.05, 4.69) is 39.0 Å². The summed E-state index contributed by atoms with van der Waals surface area (Å²) in [4.78, 5) is 0. The van der Waals surface area contributed by atoms with Crippen molar-refractivity contribution in [1.29, 1.82) is 0 Å². The molecular formula is C21H12F10Ni. The van der Waals surface area contributed by atoms with Crippen LogP contribution >= 0.6 is 0 Å². The van der Waals surface area contributed by atoms with Crippen molar-refractivity contribution in [1.82, 2.24) is 0 Å². The van der Waals surface area contributed by atoms with Gasteiger partial charge in [-0.1, -0.05) is 34.9 Å². The van der Waals surface area contributed by atoms with Gasteiger partial charge in [-0.25, -0.2) is 0 Å². The molecule has 0 fully saturated rings. The summed E-state index contributed by atoms with van der Waals surface area (Å²) in [6.07, 6.45) is 0. The summed E-state index contributed by atoms with van der Waals surface area (Å²) < 4.78 is 127. The zero-order valence-electron chi connectivity index (χ0n) is 16.3. The van der Waals surface area contributed by atoms with Crippen molar-refractivity contribution in [2.45, 2.75) is 20.8 Å². The van der Waals surface area contributed by atoms with Crippen LogP contribution in [0.3, 0.4) is 0 Å². The Morgan fingerprint density at radius 3 is 0.781 bits per heavy atom. The number of rotatable bonds is 2. The van der Waals surface area contributed by atoms with E-state index < -0.39 is 81.7 Å². The summed E-state index contributed by atoms with van der Waals surface area (Å²) in [6, 6.07) is 6.56. The normalized spacial score (nSPS) is 10.9. The van der Waals surface area contributed by atoms with Crippen LogP contribution in [0.15, 0.2) is 18.2 Å². The molecule has 0 spiro atoms. The van der Waals surface area contributed by atoms with Crippen LogP contribution in [-0.2, 0) is 14.4 Å². The standard InChI is InChI=1S/C9H12.2C6F5.Ni/c1-7-4-8(2)6-9(3)5-7;2*7-2-1-3(8)5(10)6(11)4(2)9;/h4-6H,1-3H3;;;. The fourth-order valence-corrected chi connectivity index (χ4v) is 3.66. The molecule has 0 N–H and O–H groups in total. The Morgan fingerprint density at radius 2 is 0.562 bits per heavy atom. The van der Waals surface area contributed by atoms with Crippen molar-refractivity contribution in [3.8, 4) is 0 Å². The molecule has 3 aromatic carbocycles. The molecule has 0 nitrogen and oxygen atoms in total. The second-order valence-electron chi connectivity index (χ2n) is 6.45. The van der Waals surface area contributed by atoms with Gasteiger partial charge in [0.25, 0.3) is 0 Å². The van der Waals surface area contributed by atoms with E-state index in [0.29, 0.717) is 0 Å². The minimum atomic E-state index is -2.54. The molecule has 11 heteroatoms.